The molecular formula is C19H22FN3O2. The lowest BCUT2D eigenvalue weighted by Crippen LogP contribution is -2.48. The van der Waals surface area contributed by atoms with Gasteiger partial charge in [-0.3, -0.25) is 14.6 Å². The van der Waals surface area contributed by atoms with Gasteiger partial charge in [-0.2, -0.15) is 0 Å². The van der Waals surface area contributed by atoms with E-state index in [4.69, 9.17) is 0 Å². The molecule has 0 atom stereocenters. The summed E-state index contributed by atoms with van der Waals surface area (Å²) < 4.78 is 12.9. The Morgan fingerprint density at radius 3 is 2.36 bits per heavy atom. The van der Waals surface area contributed by atoms with Crippen molar-refractivity contribution in [2.45, 2.75) is 26.8 Å². The van der Waals surface area contributed by atoms with Crippen LogP contribution < -0.4 is 10.6 Å². The highest BCUT2D eigenvalue weighted by molar-refractivity contribution is 6.04. The highest BCUT2D eigenvalue weighted by atomic mass is 19.1. The highest BCUT2D eigenvalue weighted by Crippen LogP contribution is 2.15. The Kier molecular flexibility index (Phi) is 6.22. The first kappa shape index (κ1) is 18.6. The van der Waals surface area contributed by atoms with Crippen LogP contribution in [-0.4, -0.2) is 23.3 Å². The van der Waals surface area contributed by atoms with Gasteiger partial charge in [0, 0.05) is 12.7 Å². The molecule has 0 unspecified atom stereocenters. The molecule has 0 aliphatic carbocycles. The predicted molar refractivity (Wildman–Crippen MR) is 93.0 cm³/mol. The third kappa shape index (κ3) is 5.38. The van der Waals surface area contributed by atoms with Crippen LogP contribution in [-0.2, 0) is 22.6 Å². The van der Waals surface area contributed by atoms with Gasteiger partial charge in [0.1, 0.15) is 11.2 Å². The predicted octanol–water partition coefficient (Wildman–Crippen LogP) is 2.22. The van der Waals surface area contributed by atoms with E-state index in [0.29, 0.717) is 13.0 Å². The summed E-state index contributed by atoms with van der Waals surface area (Å²) in [6.45, 7) is 3.80. The number of aromatic nitrogens is 1. The van der Waals surface area contributed by atoms with Crippen LogP contribution in [0.1, 0.15) is 25.1 Å². The van der Waals surface area contributed by atoms with Crippen molar-refractivity contribution in [2.24, 2.45) is 5.41 Å². The number of hydrogen-bond donors (Lipinski definition) is 2. The third-order valence-electron chi connectivity index (χ3n) is 3.90. The van der Waals surface area contributed by atoms with Gasteiger partial charge in [0.25, 0.3) is 0 Å². The SMILES string of the molecule is CC(C)(C(=O)NCCc1ccc(F)cc1)C(=O)NCc1ccccn1. The van der Waals surface area contributed by atoms with Crippen LogP contribution >= 0.6 is 0 Å². The Morgan fingerprint density at radius 2 is 1.72 bits per heavy atom. The molecule has 25 heavy (non-hydrogen) atoms. The monoisotopic (exact) mass is 343 g/mol. The Labute approximate surface area is 146 Å². The summed E-state index contributed by atoms with van der Waals surface area (Å²) in [7, 11) is 0. The minimum atomic E-state index is -1.20. The van der Waals surface area contributed by atoms with Gasteiger partial charge in [0.15, 0.2) is 0 Å². The molecule has 132 valence electrons. The van der Waals surface area contributed by atoms with Gasteiger partial charge in [-0.1, -0.05) is 18.2 Å². The summed E-state index contributed by atoms with van der Waals surface area (Å²) in [5.74, 6) is -1.01. The molecule has 2 rings (SSSR count). The summed E-state index contributed by atoms with van der Waals surface area (Å²) in [6.07, 6.45) is 2.21. The normalized spacial score (nSPS) is 11.0. The molecule has 1 heterocycles. The van der Waals surface area contributed by atoms with Crippen LogP contribution in [0.25, 0.3) is 0 Å². The Hall–Kier alpha value is -2.76. The second-order valence-electron chi connectivity index (χ2n) is 6.26. The number of pyridine rings is 1. The van der Waals surface area contributed by atoms with Crippen LogP contribution in [0.4, 0.5) is 4.39 Å². The molecule has 0 bridgehead atoms. The number of hydrogen-bond acceptors (Lipinski definition) is 3. The Morgan fingerprint density at radius 1 is 1.04 bits per heavy atom. The minimum Gasteiger partial charge on any atom is -0.355 e. The number of amides is 2. The maximum atomic E-state index is 12.9. The number of nitrogens with zero attached hydrogens (tertiary/aromatic N) is 1. The summed E-state index contributed by atoms with van der Waals surface area (Å²) >= 11 is 0. The van der Waals surface area contributed by atoms with Crippen molar-refractivity contribution in [3.63, 3.8) is 0 Å². The number of rotatable bonds is 7. The molecule has 0 fully saturated rings. The summed E-state index contributed by atoms with van der Waals surface area (Å²) in [5.41, 5.74) is 0.444. The van der Waals surface area contributed by atoms with Gasteiger partial charge < -0.3 is 10.6 Å². The van der Waals surface area contributed by atoms with E-state index in [0.717, 1.165) is 11.3 Å². The first-order valence-electron chi connectivity index (χ1n) is 8.10. The fraction of sp³-hybridized carbons (Fsp3) is 0.316. The molecule has 0 aliphatic rings. The molecule has 0 saturated carbocycles. The molecule has 2 N–H and O–H groups in total. The van der Waals surface area contributed by atoms with E-state index in [9.17, 15) is 14.0 Å². The van der Waals surface area contributed by atoms with Gasteiger partial charge in [0.05, 0.1) is 12.2 Å². The maximum Gasteiger partial charge on any atom is 0.235 e. The number of benzene rings is 1. The zero-order chi connectivity index (χ0) is 18.3. The van der Waals surface area contributed by atoms with Gasteiger partial charge in [-0.25, -0.2) is 4.39 Å². The van der Waals surface area contributed by atoms with Gasteiger partial charge in [-0.05, 0) is 50.1 Å². The van der Waals surface area contributed by atoms with Gasteiger partial charge in [0.2, 0.25) is 11.8 Å². The molecule has 2 aromatic rings. The molecule has 5 nitrogen and oxygen atoms in total. The zero-order valence-electron chi connectivity index (χ0n) is 14.4. The zero-order valence-corrected chi connectivity index (χ0v) is 14.4. The van der Waals surface area contributed by atoms with Crippen molar-refractivity contribution < 1.29 is 14.0 Å². The average Bonchev–Trinajstić information content (AvgIpc) is 2.62. The summed E-state index contributed by atoms with van der Waals surface area (Å²) in [4.78, 5) is 28.7. The lowest BCUT2D eigenvalue weighted by Gasteiger charge is -2.22. The van der Waals surface area contributed by atoms with E-state index in [1.54, 1.807) is 44.3 Å². The molecule has 1 aromatic carbocycles. The standard InChI is InChI=1S/C19H22FN3O2/c1-19(2,18(25)23-13-16-5-3-4-11-21-16)17(24)22-12-10-14-6-8-15(20)9-7-14/h3-9,11H,10,12-13H2,1-2H3,(H,22,24)(H,23,25). The molecule has 2 amide bonds. The topological polar surface area (TPSA) is 71.1 Å². The highest BCUT2D eigenvalue weighted by Gasteiger charge is 2.35. The van der Waals surface area contributed by atoms with Crippen molar-refractivity contribution in [2.75, 3.05) is 6.54 Å². The first-order chi connectivity index (χ1) is 11.9. The summed E-state index contributed by atoms with van der Waals surface area (Å²) in [6, 6.07) is 11.5. The van der Waals surface area contributed by atoms with Crippen LogP contribution in [0.5, 0.6) is 0 Å². The average molecular weight is 343 g/mol. The molecule has 0 aliphatic heterocycles. The van der Waals surface area contributed by atoms with Crippen molar-refractivity contribution in [1.82, 2.24) is 15.6 Å². The lowest BCUT2D eigenvalue weighted by atomic mass is 9.91. The number of halogens is 1. The molecule has 0 spiro atoms. The quantitative estimate of drug-likeness (QED) is 0.757. The molecule has 6 heteroatoms. The minimum absolute atomic E-state index is 0.270. The number of carbonyl (C=O) groups excluding carboxylic acids is 2. The van der Waals surface area contributed by atoms with Crippen LogP contribution in [0.3, 0.4) is 0 Å². The number of nitrogens with one attached hydrogen (secondary N) is 2. The fourth-order valence-electron chi connectivity index (χ4n) is 2.19. The second-order valence-corrected chi connectivity index (χ2v) is 6.26. The molecule has 1 aromatic heterocycles. The van der Waals surface area contributed by atoms with Crippen molar-refractivity contribution >= 4 is 11.8 Å². The van der Waals surface area contributed by atoms with E-state index in [-0.39, 0.29) is 24.2 Å². The van der Waals surface area contributed by atoms with Gasteiger partial charge >= 0.3 is 0 Å². The Balaban J connectivity index is 1.81. The fourth-order valence-corrected chi connectivity index (χ4v) is 2.19. The summed E-state index contributed by atoms with van der Waals surface area (Å²) in [5, 5.41) is 5.49. The molecular weight excluding hydrogens is 321 g/mol. The van der Waals surface area contributed by atoms with Crippen LogP contribution in [0, 0.1) is 11.2 Å². The first-order valence-corrected chi connectivity index (χ1v) is 8.10. The van der Waals surface area contributed by atoms with E-state index in [2.05, 4.69) is 15.6 Å². The molecule has 0 saturated heterocycles. The maximum absolute atomic E-state index is 12.9. The second kappa shape index (κ2) is 8.37. The van der Waals surface area contributed by atoms with Gasteiger partial charge in [-0.15, -0.1) is 0 Å². The van der Waals surface area contributed by atoms with E-state index < -0.39 is 5.41 Å². The lowest BCUT2D eigenvalue weighted by molar-refractivity contribution is -0.141. The van der Waals surface area contributed by atoms with E-state index in [1.165, 1.54) is 12.1 Å². The van der Waals surface area contributed by atoms with Crippen molar-refractivity contribution in [3.8, 4) is 0 Å². The Bertz CT molecular complexity index is 715. The van der Waals surface area contributed by atoms with Crippen molar-refractivity contribution in [1.29, 1.82) is 0 Å². The van der Waals surface area contributed by atoms with E-state index >= 15 is 0 Å². The van der Waals surface area contributed by atoms with E-state index in [1.807, 2.05) is 6.07 Å². The van der Waals surface area contributed by atoms with Crippen LogP contribution in [0.15, 0.2) is 48.7 Å². The molecule has 0 radical (unpaired) electrons. The third-order valence-corrected chi connectivity index (χ3v) is 3.90. The van der Waals surface area contributed by atoms with Crippen molar-refractivity contribution in [3.05, 3.63) is 65.7 Å². The largest absolute Gasteiger partial charge is 0.355 e. The number of carbonyl (C=O) groups is 2. The smallest absolute Gasteiger partial charge is 0.235 e. The van der Waals surface area contributed by atoms with Crippen LogP contribution in [0.2, 0.25) is 0 Å².